The van der Waals surface area contributed by atoms with E-state index in [0.29, 0.717) is 5.92 Å². The molecule has 4 nitrogen and oxygen atoms in total. The lowest BCUT2D eigenvalue weighted by Gasteiger charge is -2.24. The first-order valence-corrected chi connectivity index (χ1v) is 8.35. The highest BCUT2D eigenvalue weighted by molar-refractivity contribution is 7.99. The van der Waals surface area contributed by atoms with Gasteiger partial charge in [0.1, 0.15) is 5.60 Å². The summed E-state index contributed by atoms with van der Waals surface area (Å²) < 4.78 is 5.41. The van der Waals surface area contributed by atoms with Gasteiger partial charge in [-0.3, -0.25) is 0 Å². The first-order valence-electron chi connectivity index (χ1n) is 7.37. The maximum absolute atomic E-state index is 12.0. The fourth-order valence-corrected chi connectivity index (χ4v) is 3.17. The summed E-state index contributed by atoms with van der Waals surface area (Å²) >= 11 is 1.76. The van der Waals surface area contributed by atoms with Gasteiger partial charge in [-0.2, -0.15) is 0 Å². The number of pyridine rings is 1. The lowest BCUT2D eigenvalue weighted by atomic mass is 10.2. The highest BCUT2D eigenvalue weighted by Crippen LogP contribution is 2.26. The molecule has 1 aromatic heterocycles. The van der Waals surface area contributed by atoms with Crippen LogP contribution in [-0.4, -0.2) is 40.4 Å². The Morgan fingerprint density at radius 3 is 2.86 bits per heavy atom. The van der Waals surface area contributed by atoms with Gasteiger partial charge in [0.25, 0.3) is 0 Å². The Labute approximate surface area is 131 Å². The van der Waals surface area contributed by atoms with E-state index in [1.54, 1.807) is 11.8 Å². The molecule has 2 heterocycles. The van der Waals surface area contributed by atoms with E-state index >= 15 is 0 Å². The number of likely N-dealkylation sites (tertiary alicyclic amines) is 1. The van der Waals surface area contributed by atoms with Crippen LogP contribution in [0.15, 0.2) is 23.4 Å². The highest BCUT2D eigenvalue weighted by atomic mass is 32.2. The first kappa shape index (κ1) is 16.1. The average molecular weight is 308 g/mol. The Balaban J connectivity index is 1.77. The first-order chi connectivity index (χ1) is 9.83. The van der Waals surface area contributed by atoms with E-state index < -0.39 is 5.60 Å². The zero-order valence-corrected chi connectivity index (χ0v) is 14.1. The molecule has 1 aliphatic rings. The maximum atomic E-state index is 12.0. The minimum absolute atomic E-state index is 0.191. The molecule has 0 saturated carbocycles. The number of aromatic nitrogens is 1. The van der Waals surface area contributed by atoms with Crippen molar-refractivity contribution in [1.29, 1.82) is 0 Å². The van der Waals surface area contributed by atoms with E-state index in [4.69, 9.17) is 4.74 Å². The second-order valence-electron chi connectivity index (χ2n) is 6.57. The molecule has 21 heavy (non-hydrogen) atoms. The van der Waals surface area contributed by atoms with Gasteiger partial charge >= 0.3 is 6.09 Å². The zero-order valence-electron chi connectivity index (χ0n) is 13.3. The number of rotatable bonds is 3. The topological polar surface area (TPSA) is 42.4 Å². The number of hydrogen-bond donors (Lipinski definition) is 0. The minimum Gasteiger partial charge on any atom is -0.444 e. The van der Waals surface area contributed by atoms with Crippen molar-refractivity contribution >= 4 is 17.9 Å². The summed E-state index contributed by atoms with van der Waals surface area (Å²) in [6.07, 6.45) is 2.74. The molecule has 5 heteroatoms. The predicted octanol–water partition coefficient (Wildman–Crippen LogP) is 3.74. The van der Waals surface area contributed by atoms with Crippen LogP contribution in [0.4, 0.5) is 4.79 Å². The molecule has 1 fully saturated rings. The van der Waals surface area contributed by atoms with Crippen molar-refractivity contribution in [3.8, 4) is 0 Å². The van der Waals surface area contributed by atoms with Crippen molar-refractivity contribution in [2.24, 2.45) is 5.92 Å². The fourth-order valence-electron chi connectivity index (χ4n) is 2.20. The Bertz CT molecular complexity index is 482. The van der Waals surface area contributed by atoms with E-state index in [-0.39, 0.29) is 6.09 Å². The van der Waals surface area contributed by atoms with Crippen LogP contribution in [-0.2, 0) is 4.74 Å². The average Bonchev–Trinajstić information content (AvgIpc) is 2.85. The molecule has 1 amide bonds. The summed E-state index contributed by atoms with van der Waals surface area (Å²) in [5.41, 5.74) is 0.756. The molecule has 1 aliphatic heterocycles. The van der Waals surface area contributed by atoms with E-state index in [1.807, 2.05) is 38.8 Å². The third-order valence-electron chi connectivity index (χ3n) is 3.29. The molecule has 0 spiro atoms. The molecule has 1 atom stereocenters. The molecule has 0 radical (unpaired) electrons. The summed E-state index contributed by atoms with van der Waals surface area (Å²) in [7, 11) is 0. The normalized spacial score (nSPS) is 18.9. The van der Waals surface area contributed by atoms with Crippen LogP contribution < -0.4 is 0 Å². The molecule has 0 aliphatic carbocycles. The van der Waals surface area contributed by atoms with Crippen LogP contribution in [0, 0.1) is 12.8 Å². The lowest BCUT2D eigenvalue weighted by molar-refractivity contribution is 0.0289. The third-order valence-corrected chi connectivity index (χ3v) is 4.46. The van der Waals surface area contributed by atoms with Crippen molar-refractivity contribution in [2.45, 2.75) is 44.7 Å². The Morgan fingerprint density at radius 1 is 1.48 bits per heavy atom. The third kappa shape index (κ3) is 5.23. The molecule has 0 bridgehead atoms. The van der Waals surface area contributed by atoms with E-state index in [9.17, 15) is 4.79 Å². The SMILES string of the molecule is Cc1ccc(SCC2CCN(C(=O)OC(C)(C)C)C2)nc1. The number of thioether (sulfide) groups is 1. The number of ether oxygens (including phenoxy) is 1. The van der Waals surface area contributed by atoms with Gasteiger partial charge in [-0.1, -0.05) is 6.07 Å². The van der Waals surface area contributed by atoms with Crippen molar-refractivity contribution in [3.05, 3.63) is 23.9 Å². The van der Waals surface area contributed by atoms with E-state index in [1.165, 1.54) is 5.56 Å². The van der Waals surface area contributed by atoms with Gasteiger partial charge in [-0.25, -0.2) is 9.78 Å². The summed E-state index contributed by atoms with van der Waals surface area (Å²) in [4.78, 5) is 18.2. The summed E-state index contributed by atoms with van der Waals surface area (Å²) in [5.74, 6) is 1.51. The molecule has 116 valence electrons. The Hall–Kier alpha value is -1.23. The minimum atomic E-state index is -0.421. The number of aryl methyl sites for hydroxylation is 1. The smallest absolute Gasteiger partial charge is 0.410 e. The number of hydrogen-bond acceptors (Lipinski definition) is 4. The number of carbonyl (C=O) groups excluding carboxylic acids is 1. The summed E-state index contributed by atoms with van der Waals surface area (Å²) in [5, 5.41) is 1.05. The maximum Gasteiger partial charge on any atom is 0.410 e. The second-order valence-corrected chi connectivity index (χ2v) is 7.61. The van der Waals surface area contributed by atoms with Gasteiger partial charge in [0, 0.05) is 25.0 Å². The predicted molar refractivity (Wildman–Crippen MR) is 85.6 cm³/mol. The second kappa shape index (κ2) is 6.69. The summed E-state index contributed by atoms with van der Waals surface area (Å²) in [6.45, 7) is 9.32. The van der Waals surface area contributed by atoms with E-state index in [2.05, 4.69) is 17.1 Å². The Kier molecular flexibility index (Phi) is 5.14. The molecule has 1 unspecified atom stereocenters. The standard InChI is InChI=1S/C16H24N2O2S/c1-12-5-6-14(17-9-12)21-11-13-7-8-18(10-13)15(19)20-16(2,3)4/h5-6,9,13H,7-8,10-11H2,1-4H3. The van der Waals surface area contributed by atoms with Gasteiger partial charge < -0.3 is 9.64 Å². The van der Waals surface area contributed by atoms with Crippen LogP contribution in [0.2, 0.25) is 0 Å². The summed E-state index contributed by atoms with van der Waals surface area (Å²) in [6, 6.07) is 4.14. The van der Waals surface area contributed by atoms with Gasteiger partial charge in [-0.15, -0.1) is 11.8 Å². The quantitative estimate of drug-likeness (QED) is 0.798. The van der Waals surface area contributed by atoms with Crippen LogP contribution in [0.25, 0.3) is 0 Å². The highest BCUT2D eigenvalue weighted by Gasteiger charge is 2.29. The molecule has 2 rings (SSSR count). The van der Waals surface area contributed by atoms with Crippen molar-refractivity contribution in [1.82, 2.24) is 9.88 Å². The fraction of sp³-hybridized carbons (Fsp3) is 0.625. The van der Waals surface area contributed by atoms with Crippen LogP contribution in [0.3, 0.4) is 0 Å². The van der Waals surface area contributed by atoms with Crippen molar-refractivity contribution in [2.75, 3.05) is 18.8 Å². The Morgan fingerprint density at radius 2 is 2.24 bits per heavy atom. The molecular weight excluding hydrogens is 284 g/mol. The van der Waals surface area contributed by atoms with Crippen LogP contribution >= 0.6 is 11.8 Å². The van der Waals surface area contributed by atoms with Crippen molar-refractivity contribution < 1.29 is 9.53 Å². The monoisotopic (exact) mass is 308 g/mol. The van der Waals surface area contributed by atoms with Crippen LogP contribution in [0.5, 0.6) is 0 Å². The molecular formula is C16H24N2O2S. The number of carbonyl (C=O) groups is 1. The van der Waals surface area contributed by atoms with Crippen molar-refractivity contribution in [3.63, 3.8) is 0 Å². The van der Waals surface area contributed by atoms with Gasteiger partial charge in [0.2, 0.25) is 0 Å². The number of amides is 1. The molecule has 1 saturated heterocycles. The number of nitrogens with zero attached hydrogens (tertiary/aromatic N) is 2. The zero-order chi connectivity index (χ0) is 15.5. The van der Waals surface area contributed by atoms with Gasteiger partial charge in [-0.05, 0) is 51.7 Å². The van der Waals surface area contributed by atoms with Crippen LogP contribution in [0.1, 0.15) is 32.8 Å². The molecule has 0 aromatic carbocycles. The largest absolute Gasteiger partial charge is 0.444 e. The lowest BCUT2D eigenvalue weighted by Crippen LogP contribution is -2.35. The van der Waals surface area contributed by atoms with Gasteiger partial charge in [0.15, 0.2) is 0 Å². The van der Waals surface area contributed by atoms with Gasteiger partial charge in [0.05, 0.1) is 5.03 Å². The van der Waals surface area contributed by atoms with E-state index in [0.717, 1.165) is 30.3 Å². The molecule has 1 aromatic rings. The molecule has 0 N–H and O–H groups in total.